The Kier molecular flexibility index (Phi) is 10.8. The lowest BCUT2D eigenvalue weighted by atomic mass is 9.83. The van der Waals surface area contributed by atoms with Crippen LogP contribution in [0.5, 0.6) is 5.75 Å². The van der Waals surface area contributed by atoms with Gasteiger partial charge in [-0.15, -0.1) is 0 Å². The van der Waals surface area contributed by atoms with Gasteiger partial charge in [0.25, 0.3) is 5.91 Å². The van der Waals surface area contributed by atoms with Crippen molar-refractivity contribution in [2.24, 2.45) is 10.9 Å². The molecule has 6 rings (SSSR count). The molecule has 2 atom stereocenters. The maximum Gasteiger partial charge on any atom is 0.252 e. The summed E-state index contributed by atoms with van der Waals surface area (Å²) in [5.41, 5.74) is 3.76. The maximum atomic E-state index is 14.5. The van der Waals surface area contributed by atoms with E-state index in [-0.39, 0.29) is 12.5 Å². The molecule has 0 bridgehead atoms. The van der Waals surface area contributed by atoms with Crippen LogP contribution < -0.4 is 10.1 Å². The quantitative estimate of drug-likeness (QED) is 0.146. The van der Waals surface area contributed by atoms with Gasteiger partial charge >= 0.3 is 0 Å². The average Bonchev–Trinajstić information content (AvgIpc) is 3.53. The van der Waals surface area contributed by atoms with Crippen LogP contribution in [-0.4, -0.2) is 42.2 Å². The summed E-state index contributed by atoms with van der Waals surface area (Å²) in [7, 11) is 0. The number of nitrogens with zero attached hydrogens (tertiary/aromatic N) is 1. The van der Waals surface area contributed by atoms with Gasteiger partial charge in [-0.1, -0.05) is 116 Å². The molecule has 242 valence electrons. The third kappa shape index (κ3) is 8.01. The Morgan fingerprint density at radius 3 is 2.21 bits per heavy atom. The Morgan fingerprint density at radius 1 is 0.851 bits per heavy atom. The molecule has 1 aliphatic carbocycles. The number of rotatable bonds is 13. The maximum absolute atomic E-state index is 14.5. The van der Waals surface area contributed by atoms with E-state index in [9.17, 15) is 4.79 Å². The predicted octanol–water partition coefficient (Wildman–Crippen LogP) is 8.17. The normalized spacial score (nSPS) is 19.7. The number of benzene rings is 4. The van der Waals surface area contributed by atoms with E-state index in [1.54, 1.807) is 0 Å². The molecule has 0 saturated heterocycles. The Labute approximate surface area is 278 Å². The predicted molar refractivity (Wildman–Crippen MR) is 188 cm³/mol. The fourth-order valence-electron chi connectivity index (χ4n) is 6.52. The van der Waals surface area contributed by atoms with Crippen LogP contribution in [0.15, 0.2) is 120 Å². The first-order valence-electron chi connectivity index (χ1n) is 16.9. The molecule has 47 heavy (non-hydrogen) atoms. The molecule has 1 saturated carbocycles. The highest BCUT2D eigenvalue weighted by Gasteiger charge is 2.52. The zero-order chi connectivity index (χ0) is 32.3. The second kappa shape index (κ2) is 15.7. The summed E-state index contributed by atoms with van der Waals surface area (Å²) in [6.07, 6.45) is 10.4. The Hall–Kier alpha value is -4.68. The number of carbonyl (C=O) groups excluding carboxylic acids is 1. The van der Waals surface area contributed by atoms with E-state index < -0.39 is 11.6 Å². The van der Waals surface area contributed by atoms with Gasteiger partial charge in [0.2, 0.25) is 5.90 Å². The van der Waals surface area contributed by atoms with Crippen molar-refractivity contribution in [3.8, 4) is 16.9 Å². The molecule has 1 heterocycles. The van der Waals surface area contributed by atoms with Crippen molar-refractivity contribution in [1.29, 1.82) is 0 Å². The minimum atomic E-state index is -1.21. The Balaban J connectivity index is 1.36. The highest BCUT2D eigenvalue weighted by atomic mass is 16.5. The fraction of sp³-hybridized carbons (Fsp3) is 0.317. The summed E-state index contributed by atoms with van der Waals surface area (Å²) in [4.78, 5) is 19.7. The molecule has 0 unspecified atom stereocenters. The number of hydrogen-bond donors (Lipinski definition) is 2. The minimum absolute atomic E-state index is 0.0834. The van der Waals surface area contributed by atoms with Gasteiger partial charge in [-0.2, -0.15) is 0 Å². The van der Waals surface area contributed by atoms with Crippen molar-refractivity contribution >= 4 is 17.9 Å². The van der Waals surface area contributed by atoms with Crippen LogP contribution in [0.25, 0.3) is 17.2 Å². The summed E-state index contributed by atoms with van der Waals surface area (Å²) in [5, 5.41) is 12.4. The van der Waals surface area contributed by atoms with E-state index in [4.69, 9.17) is 19.6 Å². The van der Waals surface area contributed by atoms with E-state index in [1.165, 1.54) is 19.3 Å². The van der Waals surface area contributed by atoms with Crippen LogP contribution >= 0.6 is 0 Å². The second-order valence-corrected chi connectivity index (χ2v) is 12.5. The summed E-state index contributed by atoms with van der Waals surface area (Å²) >= 11 is 0. The molecule has 4 aromatic rings. The molecule has 4 aromatic carbocycles. The number of amides is 1. The van der Waals surface area contributed by atoms with Crippen molar-refractivity contribution in [3.05, 3.63) is 132 Å². The third-order valence-electron chi connectivity index (χ3n) is 9.17. The van der Waals surface area contributed by atoms with Crippen LogP contribution in [0.1, 0.15) is 67.7 Å². The van der Waals surface area contributed by atoms with Crippen LogP contribution in [0.4, 0.5) is 0 Å². The van der Waals surface area contributed by atoms with Gasteiger partial charge in [-0.05, 0) is 65.3 Å². The van der Waals surface area contributed by atoms with Crippen LogP contribution in [0.2, 0.25) is 0 Å². The molecule has 1 aliphatic heterocycles. The Bertz CT molecular complexity index is 1630. The van der Waals surface area contributed by atoms with Crippen molar-refractivity contribution < 1.29 is 19.4 Å². The summed E-state index contributed by atoms with van der Waals surface area (Å²) < 4.78 is 12.5. The largest absolute Gasteiger partial charge is 0.494 e. The lowest BCUT2D eigenvalue weighted by Crippen LogP contribution is -2.49. The summed E-state index contributed by atoms with van der Waals surface area (Å²) in [6, 6.07) is 36.3. The number of nitrogens with one attached hydrogen (secondary N) is 1. The number of ether oxygens (including phenoxy) is 2. The number of carbonyl (C=O) groups is 1. The molecule has 2 N–H and O–H groups in total. The lowest BCUT2D eigenvalue weighted by Gasteiger charge is -2.31. The van der Waals surface area contributed by atoms with Crippen LogP contribution in [-0.2, 0) is 9.53 Å². The minimum Gasteiger partial charge on any atom is -0.494 e. The van der Waals surface area contributed by atoms with Crippen molar-refractivity contribution in [3.63, 3.8) is 0 Å². The monoisotopic (exact) mass is 628 g/mol. The number of aliphatic hydroxyl groups excluding tert-OH is 1. The van der Waals surface area contributed by atoms with Crippen molar-refractivity contribution in [1.82, 2.24) is 5.32 Å². The van der Waals surface area contributed by atoms with E-state index in [0.29, 0.717) is 43.6 Å². The molecule has 6 nitrogen and oxygen atoms in total. The smallest absolute Gasteiger partial charge is 0.252 e. The van der Waals surface area contributed by atoms with Gasteiger partial charge in [0.1, 0.15) is 5.75 Å². The van der Waals surface area contributed by atoms with Crippen LogP contribution in [0.3, 0.4) is 0 Å². The van der Waals surface area contributed by atoms with Crippen molar-refractivity contribution in [2.75, 3.05) is 19.8 Å². The molecule has 2 aliphatic rings. The van der Waals surface area contributed by atoms with Gasteiger partial charge in [0.15, 0.2) is 11.6 Å². The standard InChI is InChI=1S/C41H44N2O4/c44-28-11-29-46-37-25-23-36(24-26-37)39-43-41(27-10-16-31-12-4-1-5-13-31,40(45)42-30-32-14-6-2-7-15-32)38(47-39)35-21-19-34(20-22-35)33-17-8-3-9-18-33/h1,3-5,8-10,12-13,16-26,32,38,44H,2,6-7,11,14-15,27-30H2,(H,42,45)/b16-10+/t38-,41-/m1/s1. The van der Waals surface area contributed by atoms with Gasteiger partial charge < -0.3 is 19.9 Å². The molecule has 1 amide bonds. The number of hydrogen-bond acceptors (Lipinski definition) is 5. The van der Waals surface area contributed by atoms with Gasteiger partial charge in [-0.25, -0.2) is 4.99 Å². The SMILES string of the molecule is O=C(NCC1CCCCC1)[C@]1(C/C=C/c2ccccc2)N=C(c2ccc(OCCCO)cc2)O[C@@H]1c1ccc(-c2ccccc2)cc1. The molecule has 6 heteroatoms. The highest BCUT2D eigenvalue weighted by molar-refractivity contribution is 6.01. The van der Waals surface area contributed by atoms with E-state index in [1.807, 2.05) is 60.7 Å². The first kappa shape index (κ1) is 32.3. The molecular weight excluding hydrogens is 584 g/mol. The highest BCUT2D eigenvalue weighted by Crippen LogP contribution is 2.43. The second-order valence-electron chi connectivity index (χ2n) is 12.5. The van der Waals surface area contributed by atoms with Gasteiger partial charge in [-0.3, -0.25) is 4.79 Å². The fourth-order valence-corrected chi connectivity index (χ4v) is 6.52. The molecule has 0 spiro atoms. The first-order valence-corrected chi connectivity index (χ1v) is 16.9. The van der Waals surface area contributed by atoms with E-state index in [2.05, 4.69) is 66.0 Å². The van der Waals surface area contributed by atoms with E-state index in [0.717, 1.165) is 40.7 Å². The first-order chi connectivity index (χ1) is 23.1. The zero-order valence-electron chi connectivity index (χ0n) is 26.9. The van der Waals surface area contributed by atoms with Gasteiger partial charge in [0, 0.05) is 31.6 Å². The zero-order valence-corrected chi connectivity index (χ0v) is 26.9. The Morgan fingerprint density at radius 2 is 1.51 bits per heavy atom. The lowest BCUT2D eigenvalue weighted by molar-refractivity contribution is -0.129. The molecular formula is C41H44N2O4. The van der Waals surface area contributed by atoms with E-state index >= 15 is 0 Å². The topological polar surface area (TPSA) is 80.2 Å². The molecule has 0 aromatic heterocycles. The summed E-state index contributed by atoms with van der Waals surface area (Å²) in [6.45, 7) is 1.17. The van der Waals surface area contributed by atoms with Gasteiger partial charge in [0.05, 0.1) is 6.61 Å². The van der Waals surface area contributed by atoms with Crippen molar-refractivity contribution in [2.45, 2.75) is 56.6 Å². The summed E-state index contributed by atoms with van der Waals surface area (Å²) in [5.74, 6) is 1.51. The average molecular weight is 629 g/mol. The number of aliphatic hydroxyl groups is 1. The molecule has 1 fully saturated rings. The van der Waals surface area contributed by atoms with Crippen LogP contribution in [0, 0.1) is 5.92 Å². The molecule has 0 radical (unpaired) electrons. The number of aliphatic imine (C=N–C) groups is 1. The third-order valence-corrected chi connectivity index (χ3v) is 9.17.